The molecule has 4 rings (SSSR count). The van der Waals surface area contributed by atoms with Gasteiger partial charge in [-0.25, -0.2) is 13.0 Å². The summed E-state index contributed by atoms with van der Waals surface area (Å²) in [7, 11) is -3.74. The maximum atomic E-state index is 12.4. The van der Waals surface area contributed by atoms with E-state index in [4.69, 9.17) is 10.3 Å². The minimum absolute atomic E-state index is 0.136. The second kappa shape index (κ2) is 5.99. The molecule has 132 valence electrons. The van der Waals surface area contributed by atoms with Gasteiger partial charge in [-0.2, -0.15) is 0 Å². The Labute approximate surface area is 150 Å². The van der Waals surface area contributed by atoms with Gasteiger partial charge in [-0.05, 0) is 37.3 Å². The number of nitrogens with zero attached hydrogens (tertiary/aromatic N) is 2. The molecule has 0 saturated heterocycles. The van der Waals surface area contributed by atoms with Crippen LogP contribution in [0.5, 0.6) is 0 Å². The standard InChI is InChI=1S/C18H16N4O3S/c1-12-10-17(20-25-12)21-26(23,24)15-8-6-14(7-9-15)22-11-13-4-2-3-5-16(13)18(22)19/h2-10,19H,11H2,1H3,(H,20,21)/p+1. The van der Waals surface area contributed by atoms with Gasteiger partial charge in [0.25, 0.3) is 15.9 Å². The summed E-state index contributed by atoms with van der Waals surface area (Å²) in [5, 5.41) is 3.65. The molecule has 0 aliphatic carbocycles. The first kappa shape index (κ1) is 16.3. The second-order valence-corrected chi connectivity index (χ2v) is 7.73. The number of hydrogen-bond donors (Lipinski definition) is 2. The molecule has 0 unspecified atom stereocenters. The first-order chi connectivity index (χ1) is 12.4. The Morgan fingerprint density at radius 2 is 1.88 bits per heavy atom. The molecule has 2 aromatic carbocycles. The number of benzene rings is 2. The van der Waals surface area contributed by atoms with Gasteiger partial charge in [-0.3, -0.25) is 10.5 Å². The predicted molar refractivity (Wildman–Crippen MR) is 96.9 cm³/mol. The van der Waals surface area contributed by atoms with Gasteiger partial charge in [0.1, 0.15) is 18.0 Å². The molecule has 1 aromatic heterocycles. The molecule has 0 saturated carbocycles. The third-order valence-electron chi connectivity index (χ3n) is 4.24. The summed E-state index contributed by atoms with van der Waals surface area (Å²) in [6.45, 7) is 2.35. The van der Waals surface area contributed by atoms with E-state index >= 15 is 0 Å². The van der Waals surface area contributed by atoms with Crippen molar-refractivity contribution in [3.05, 3.63) is 71.5 Å². The molecule has 8 heteroatoms. The molecule has 0 amide bonds. The lowest BCUT2D eigenvalue weighted by atomic mass is 10.1. The molecule has 0 spiro atoms. The van der Waals surface area contributed by atoms with Crippen molar-refractivity contribution in [2.75, 3.05) is 4.72 Å². The van der Waals surface area contributed by atoms with Crippen molar-refractivity contribution < 1.29 is 17.5 Å². The van der Waals surface area contributed by atoms with Gasteiger partial charge in [0.15, 0.2) is 5.82 Å². The molecule has 0 fully saturated rings. The molecule has 26 heavy (non-hydrogen) atoms. The van der Waals surface area contributed by atoms with Crippen molar-refractivity contribution >= 4 is 27.4 Å². The number of anilines is 1. The predicted octanol–water partition coefficient (Wildman–Crippen LogP) is 2.35. The Hall–Kier alpha value is -3.13. The monoisotopic (exact) mass is 369 g/mol. The van der Waals surface area contributed by atoms with Crippen molar-refractivity contribution in [2.45, 2.75) is 18.4 Å². The number of amidine groups is 1. The minimum Gasteiger partial charge on any atom is -0.360 e. The summed E-state index contributed by atoms with van der Waals surface area (Å²) in [5.74, 6) is 1.34. The van der Waals surface area contributed by atoms with Crippen LogP contribution in [0, 0.1) is 6.92 Å². The van der Waals surface area contributed by atoms with Crippen molar-refractivity contribution in [3.63, 3.8) is 0 Å². The molecular weight excluding hydrogens is 352 g/mol. The van der Waals surface area contributed by atoms with Crippen LogP contribution in [-0.4, -0.2) is 24.0 Å². The molecule has 0 bridgehead atoms. The van der Waals surface area contributed by atoms with E-state index in [9.17, 15) is 8.42 Å². The minimum atomic E-state index is -3.74. The third kappa shape index (κ3) is 2.84. The summed E-state index contributed by atoms with van der Waals surface area (Å²) in [6, 6.07) is 16.0. The summed E-state index contributed by atoms with van der Waals surface area (Å²) in [6.07, 6.45) is 0. The van der Waals surface area contributed by atoms with Crippen LogP contribution in [0.1, 0.15) is 16.9 Å². The fourth-order valence-electron chi connectivity index (χ4n) is 2.96. The Morgan fingerprint density at radius 3 is 2.54 bits per heavy atom. The first-order valence-electron chi connectivity index (χ1n) is 7.98. The Kier molecular flexibility index (Phi) is 3.77. The van der Waals surface area contributed by atoms with Crippen molar-refractivity contribution in [2.24, 2.45) is 5.73 Å². The zero-order valence-corrected chi connectivity index (χ0v) is 14.8. The fraction of sp³-hybridized carbons (Fsp3) is 0.111. The number of nitrogens with one attached hydrogen (secondary N) is 1. The van der Waals surface area contributed by atoms with Gasteiger partial charge in [0.2, 0.25) is 0 Å². The third-order valence-corrected chi connectivity index (χ3v) is 5.61. The van der Waals surface area contributed by atoms with E-state index in [1.807, 2.05) is 28.8 Å². The number of hydrogen-bond acceptors (Lipinski definition) is 5. The van der Waals surface area contributed by atoms with E-state index in [0.717, 1.165) is 16.8 Å². The molecule has 1 aliphatic rings. The van der Waals surface area contributed by atoms with Gasteiger partial charge in [-0.1, -0.05) is 23.4 Å². The number of sulfonamides is 1. The smallest absolute Gasteiger partial charge is 0.280 e. The van der Waals surface area contributed by atoms with Crippen LogP contribution >= 0.6 is 0 Å². The van der Waals surface area contributed by atoms with E-state index in [1.165, 1.54) is 6.07 Å². The summed E-state index contributed by atoms with van der Waals surface area (Å²) in [4.78, 5) is 0.136. The van der Waals surface area contributed by atoms with Crippen LogP contribution in [0.2, 0.25) is 0 Å². The highest BCUT2D eigenvalue weighted by molar-refractivity contribution is 7.92. The van der Waals surface area contributed by atoms with Crippen LogP contribution < -0.4 is 10.5 Å². The Bertz CT molecular complexity index is 1120. The molecule has 3 N–H and O–H groups in total. The Balaban J connectivity index is 1.61. The molecule has 3 aromatic rings. The van der Waals surface area contributed by atoms with E-state index in [1.54, 1.807) is 31.2 Å². The highest BCUT2D eigenvalue weighted by Gasteiger charge is 2.26. The van der Waals surface area contributed by atoms with Gasteiger partial charge >= 0.3 is 0 Å². The molecule has 7 nitrogen and oxygen atoms in total. The van der Waals surface area contributed by atoms with Crippen molar-refractivity contribution in [1.82, 2.24) is 5.16 Å². The number of rotatable bonds is 4. The van der Waals surface area contributed by atoms with Crippen LogP contribution in [-0.2, 0) is 16.6 Å². The zero-order chi connectivity index (χ0) is 18.3. The second-order valence-electron chi connectivity index (χ2n) is 6.05. The lowest BCUT2D eigenvalue weighted by molar-refractivity contribution is -0.453. The van der Waals surface area contributed by atoms with Crippen molar-refractivity contribution in [3.8, 4) is 0 Å². The van der Waals surface area contributed by atoms with Crippen LogP contribution in [0.3, 0.4) is 0 Å². The average Bonchev–Trinajstić information content (AvgIpc) is 3.18. The average molecular weight is 369 g/mol. The summed E-state index contributed by atoms with van der Waals surface area (Å²) in [5.41, 5.74) is 9.22. The number of fused-ring (bicyclic) bond motifs is 1. The summed E-state index contributed by atoms with van der Waals surface area (Å²) >= 11 is 0. The largest absolute Gasteiger partial charge is 0.360 e. The van der Waals surface area contributed by atoms with E-state index in [0.29, 0.717) is 18.1 Å². The van der Waals surface area contributed by atoms with Crippen LogP contribution in [0.4, 0.5) is 11.5 Å². The molecular formula is C18H17N4O3S+. The quantitative estimate of drug-likeness (QED) is 0.688. The first-order valence-corrected chi connectivity index (χ1v) is 9.47. The Morgan fingerprint density at radius 1 is 1.15 bits per heavy atom. The maximum Gasteiger partial charge on any atom is 0.280 e. The number of aryl methyl sites for hydroxylation is 1. The lowest BCUT2D eigenvalue weighted by Gasteiger charge is -2.07. The highest BCUT2D eigenvalue weighted by atomic mass is 32.2. The normalized spacial score (nSPS) is 13.7. The van der Waals surface area contributed by atoms with E-state index in [-0.39, 0.29) is 10.7 Å². The number of nitrogens with two attached hydrogens (primary N) is 1. The fourth-order valence-corrected chi connectivity index (χ4v) is 3.94. The van der Waals surface area contributed by atoms with Gasteiger partial charge in [0, 0.05) is 11.6 Å². The highest BCUT2D eigenvalue weighted by Crippen LogP contribution is 2.25. The molecule has 2 heterocycles. The lowest BCUT2D eigenvalue weighted by Crippen LogP contribution is -2.20. The summed E-state index contributed by atoms with van der Waals surface area (Å²) < 4.78 is 34.1. The topological polar surface area (TPSA) is 101 Å². The van der Waals surface area contributed by atoms with Crippen molar-refractivity contribution in [1.29, 1.82) is 0 Å². The molecule has 0 radical (unpaired) electrons. The van der Waals surface area contributed by atoms with Gasteiger partial charge in [-0.15, -0.1) is 0 Å². The van der Waals surface area contributed by atoms with E-state index in [2.05, 4.69) is 9.88 Å². The van der Waals surface area contributed by atoms with Gasteiger partial charge in [0.05, 0.1) is 10.5 Å². The van der Waals surface area contributed by atoms with Gasteiger partial charge < -0.3 is 4.52 Å². The molecule has 1 aliphatic heterocycles. The van der Waals surface area contributed by atoms with Crippen LogP contribution in [0.25, 0.3) is 0 Å². The van der Waals surface area contributed by atoms with E-state index < -0.39 is 10.0 Å². The van der Waals surface area contributed by atoms with Crippen LogP contribution in [0.15, 0.2) is 64.0 Å². The number of aromatic nitrogens is 1. The zero-order valence-electron chi connectivity index (χ0n) is 14.0. The maximum absolute atomic E-state index is 12.4. The SMILES string of the molecule is Cc1cc(NS(=O)(=O)c2ccc([N+]3=C(N)c4ccccc4C3)cc2)no1. The molecule has 0 atom stereocenters.